The van der Waals surface area contributed by atoms with Gasteiger partial charge in [-0.3, -0.25) is 4.79 Å². The quantitative estimate of drug-likeness (QED) is 0.721. The van der Waals surface area contributed by atoms with Gasteiger partial charge in [-0.05, 0) is 25.0 Å². The molecule has 0 bridgehead atoms. The number of carbonyl (C=O) groups is 1. The summed E-state index contributed by atoms with van der Waals surface area (Å²) in [5.41, 5.74) is 3.25. The fourth-order valence-corrected chi connectivity index (χ4v) is 2.79. The van der Waals surface area contributed by atoms with E-state index >= 15 is 0 Å². The molecule has 1 aromatic carbocycles. The van der Waals surface area contributed by atoms with Gasteiger partial charge >= 0.3 is 0 Å². The molecule has 0 atom stereocenters. The number of nitrogens with zero attached hydrogens (tertiary/aromatic N) is 1. The van der Waals surface area contributed by atoms with Gasteiger partial charge in [-0.25, -0.2) is 0 Å². The molecule has 0 saturated heterocycles. The molecule has 0 unspecified atom stereocenters. The number of benzene rings is 1. The maximum atomic E-state index is 11.9. The number of Topliss-reactive ketones (excluding diaryl/α,β-unsaturated/α-hetero) is 1. The number of rotatable bonds is 1. The van der Waals surface area contributed by atoms with E-state index in [9.17, 15) is 4.79 Å². The Morgan fingerprint density at radius 1 is 1.25 bits per heavy atom. The van der Waals surface area contributed by atoms with Crippen LogP contribution in [0.1, 0.15) is 28.8 Å². The van der Waals surface area contributed by atoms with Gasteiger partial charge in [0.05, 0.1) is 12.8 Å². The Balaban J connectivity index is 2.23. The van der Waals surface area contributed by atoms with Crippen molar-refractivity contribution in [2.45, 2.75) is 19.3 Å². The molecule has 0 aromatic heterocycles. The van der Waals surface area contributed by atoms with Gasteiger partial charge in [0.2, 0.25) is 0 Å². The summed E-state index contributed by atoms with van der Waals surface area (Å²) >= 11 is 0. The molecule has 16 heavy (non-hydrogen) atoms. The van der Waals surface area contributed by atoms with Crippen molar-refractivity contribution in [3.63, 3.8) is 0 Å². The molecular formula is C13H15NO2. The lowest BCUT2D eigenvalue weighted by atomic mass is 9.91. The second kappa shape index (κ2) is 3.51. The van der Waals surface area contributed by atoms with Crippen molar-refractivity contribution in [2.24, 2.45) is 0 Å². The molecular weight excluding hydrogens is 202 g/mol. The molecule has 1 aromatic rings. The molecule has 2 aliphatic rings. The Bertz CT molecular complexity index is 453. The monoisotopic (exact) mass is 217 g/mol. The van der Waals surface area contributed by atoms with Crippen molar-refractivity contribution < 1.29 is 9.53 Å². The molecule has 0 fully saturated rings. The lowest BCUT2D eigenvalue weighted by Gasteiger charge is -2.36. The van der Waals surface area contributed by atoms with Gasteiger partial charge in [0.15, 0.2) is 5.78 Å². The first-order valence-electron chi connectivity index (χ1n) is 5.79. The minimum atomic E-state index is 0.275. The molecule has 2 aliphatic heterocycles. The molecule has 3 nitrogen and oxygen atoms in total. The summed E-state index contributed by atoms with van der Waals surface area (Å²) in [7, 11) is 1.70. The lowest BCUT2D eigenvalue weighted by Crippen LogP contribution is -2.36. The van der Waals surface area contributed by atoms with Crippen LogP contribution in [-0.2, 0) is 6.42 Å². The van der Waals surface area contributed by atoms with Crippen LogP contribution in [0.4, 0.5) is 5.69 Å². The van der Waals surface area contributed by atoms with Crippen LogP contribution in [0, 0.1) is 0 Å². The van der Waals surface area contributed by atoms with E-state index in [-0.39, 0.29) is 5.78 Å². The third kappa shape index (κ3) is 1.24. The molecule has 0 amide bonds. The van der Waals surface area contributed by atoms with E-state index in [0.29, 0.717) is 6.42 Å². The number of ketones is 1. The summed E-state index contributed by atoms with van der Waals surface area (Å²) in [6.07, 6.45) is 2.83. The van der Waals surface area contributed by atoms with Crippen molar-refractivity contribution in [3.8, 4) is 5.75 Å². The van der Waals surface area contributed by atoms with Crippen molar-refractivity contribution in [1.29, 1.82) is 0 Å². The predicted octanol–water partition coefficient (Wildman–Crippen LogP) is 2.03. The number of hydrogen-bond donors (Lipinski definition) is 0. The fraction of sp³-hybridized carbons (Fsp3) is 0.462. The number of anilines is 1. The fourth-order valence-electron chi connectivity index (χ4n) is 2.79. The Morgan fingerprint density at radius 3 is 2.94 bits per heavy atom. The van der Waals surface area contributed by atoms with Gasteiger partial charge in [0, 0.05) is 30.6 Å². The molecule has 84 valence electrons. The van der Waals surface area contributed by atoms with Gasteiger partial charge in [-0.15, -0.1) is 0 Å². The average Bonchev–Trinajstić information content (AvgIpc) is 2.34. The molecule has 3 rings (SSSR count). The molecule has 2 heterocycles. The van der Waals surface area contributed by atoms with Gasteiger partial charge < -0.3 is 9.64 Å². The van der Waals surface area contributed by atoms with Crippen LogP contribution < -0.4 is 9.64 Å². The van der Waals surface area contributed by atoms with Crippen molar-refractivity contribution in [3.05, 3.63) is 23.3 Å². The van der Waals surface area contributed by atoms with Gasteiger partial charge in [0.25, 0.3) is 0 Å². The maximum absolute atomic E-state index is 11.9. The average molecular weight is 217 g/mol. The lowest BCUT2D eigenvalue weighted by molar-refractivity contribution is 0.0979. The normalized spacial score (nSPS) is 18.3. The molecule has 0 aliphatic carbocycles. The van der Waals surface area contributed by atoms with Gasteiger partial charge in [0.1, 0.15) is 5.75 Å². The number of hydrogen-bond acceptors (Lipinski definition) is 3. The van der Waals surface area contributed by atoms with E-state index in [1.807, 2.05) is 12.1 Å². The highest BCUT2D eigenvalue weighted by Crippen LogP contribution is 2.39. The Labute approximate surface area is 95.0 Å². The number of ether oxygens (including phenoxy) is 1. The van der Waals surface area contributed by atoms with Crippen LogP contribution in [0.2, 0.25) is 0 Å². The third-order valence-electron chi connectivity index (χ3n) is 3.54. The summed E-state index contributed by atoms with van der Waals surface area (Å²) in [5.74, 6) is 1.20. The van der Waals surface area contributed by atoms with E-state index in [1.165, 1.54) is 5.56 Å². The zero-order chi connectivity index (χ0) is 11.1. The third-order valence-corrected chi connectivity index (χ3v) is 3.54. The first-order chi connectivity index (χ1) is 7.81. The van der Waals surface area contributed by atoms with E-state index < -0.39 is 0 Å². The van der Waals surface area contributed by atoms with Crippen molar-refractivity contribution >= 4 is 11.5 Å². The van der Waals surface area contributed by atoms with Gasteiger partial charge in [-0.1, -0.05) is 0 Å². The molecule has 0 saturated carbocycles. The number of carbonyl (C=O) groups excluding carboxylic acids is 1. The molecule has 3 heteroatoms. The highest BCUT2D eigenvalue weighted by Gasteiger charge is 2.29. The highest BCUT2D eigenvalue weighted by atomic mass is 16.5. The topological polar surface area (TPSA) is 29.5 Å². The van der Waals surface area contributed by atoms with Crippen molar-refractivity contribution in [1.82, 2.24) is 0 Å². The highest BCUT2D eigenvalue weighted by molar-refractivity contribution is 6.04. The second-order valence-corrected chi connectivity index (χ2v) is 4.41. The summed E-state index contributed by atoms with van der Waals surface area (Å²) < 4.78 is 5.38. The predicted molar refractivity (Wildman–Crippen MR) is 62.5 cm³/mol. The van der Waals surface area contributed by atoms with Crippen LogP contribution in [0.5, 0.6) is 5.75 Å². The van der Waals surface area contributed by atoms with E-state index in [0.717, 1.165) is 42.9 Å². The van der Waals surface area contributed by atoms with E-state index in [2.05, 4.69) is 4.90 Å². The Kier molecular flexibility index (Phi) is 2.13. The van der Waals surface area contributed by atoms with Crippen LogP contribution >= 0.6 is 0 Å². The Hall–Kier alpha value is -1.51. The van der Waals surface area contributed by atoms with Gasteiger partial charge in [-0.2, -0.15) is 0 Å². The zero-order valence-corrected chi connectivity index (χ0v) is 9.45. The summed E-state index contributed by atoms with van der Waals surface area (Å²) in [5, 5.41) is 0. The zero-order valence-electron chi connectivity index (χ0n) is 9.45. The van der Waals surface area contributed by atoms with Crippen LogP contribution in [0.15, 0.2) is 12.1 Å². The Morgan fingerprint density at radius 2 is 2.12 bits per heavy atom. The second-order valence-electron chi connectivity index (χ2n) is 4.41. The van der Waals surface area contributed by atoms with Crippen LogP contribution in [0.3, 0.4) is 0 Å². The largest absolute Gasteiger partial charge is 0.496 e. The van der Waals surface area contributed by atoms with E-state index in [1.54, 1.807) is 7.11 Å². The van der Waals surface area contributed by atoms with Crippen LogP contribution in [0.25, 0.3) is 0 Å². The molecule has 0 N–H and O–H groups in total. The first kappa shape index (κ1) is 9.70. The first-order valence-corrected chi connectivity index (χ1v) is 5.79. The molecule has 0 spiro atoms. The minimum absolute atomic E-state index is 0.275. The summed E-state index contributed by atoms with van der Waals surface area (Å²) in [4.78, 5) is 14.2. The minimum Gasteiger partial charge on any atom is -0.496 e. The standard InChI is InChI=1S/C13H15NO2/c1-16-12-5-4-9-11(15)6-8-14-7-2-3-10(12)13(9)14/h4-5H,2-3,6-8H2,1H3. The van der Waals surface area contributed by atoms with Crippen LogP contribution in [-0.4, -0.2) is 26.0 Å². The van der Waals surface area contributed by atoms with Crippen molar-refractivity contribution in [2.75, 3.05) is 25.1 Å². The summed E-state index contributed by atoms with van der Waals surface area (Å²) in [6.45, 7) is 1.94. The smallest absolute Gasteiger partial charge is 0.166 e. The maximum Gasteiger partial charge on any atom is 0.166 e. The SMILES string of the molecule is COc1ccc2c3c1CCCN3CCC2=O. The summed E-state index contributed by atoms with van der Waals surface area (Å²) in [6, 6.07) is 3.85. The number of methoxy groups -OCH3 is 1. The molecule has 0 radical (unpaired) electrons. The van der Waals surface area contributed by atoms with E-state index in [4.69, 9.17) is 4.74 Å².